The van der Waals surface area contributed by atoms with E-state index in [4.69, 9.17) is 35.4 Å². The number of thiocarbonyl (C=S) groups is 1. The van der Waals surface area contributed by atoms with Crippen molar-refractivity contribution in [1.29, 1.82) is 0 Å². The van der Waals surface area contributed by atoms with Gasteiger partial charge in [0.1, 0.15) is 11.4 Å². The lowest BCUT2D eigenvalue weighted by molar-refractivity contribution is -0.122. The largest absolute Gasteiger partial charge is 0.342 e. The van der Waals surface area contributed by atoms with Crippen LogP contribution in [0.1, 0.15) is 11.1 Å². The highest BCUT2D eigenvalue weighted by Crippen LogP contribution is 2.28. The van der Waals surface area contributed by atoms with Gasteiger partial charge in [0.25, 0.3) is 11.8 Å². The lowest BCUT2D eigenvalue weighted by atomic mass is 10.1. The Labute approximate surface area is 215 Å². The minimum Gasteiger partial charge on any atom is -0.342 e. The summed E-state index contributed by atoms with van der Waals surface area (Å²) in [6.07, 6.45) is 3.42. The second kappa shape index (κ2) is 9.26. The number of hydrogen-bond acceptors (Lipinski definition) is 3. The molecule has 35 heavy (non-hydrogen) atoms. The zero-order chi connectivity index (χ0) is 24.7. The molecule has 0 saturated carbocycles. The molecule has 0 atom stereocenters. The molecule has 4 aromatic rings. The van der Waals surface area contributed by atoms with E-state index in [0.29, 0.717) is 27.8 Å². The van der Waals surface area contributed by atoms with Gasteiger partial charge in [0.15, 0.2) is 5.11 Å². The topological polar surface area (TPSA) is 54.3 Å². The number of nitrogens with one attached hydrogen (secondary N) is 1. The summed E-state index contributed by atoms with van der Waals surface area (Å²) in [6, 6.07) is 18.4. The number of hydrogen-bond donors (Lipinski definition) is 1. The van der Waals surface area contributed by atoms with Crippen LogP contribution < -0.4 is 10.2 Å². The molecule has 1 N–H and O–H groups in total. The zero-order valence-electron chi connectivity index (χ0n) is 18.0. The van der Waals surface area contributed by atoms with Crippen LogP contribution in [-0.2, 0) is 16.1 Å². The second-order valence-corrected chi connectivity index (χ2v) is 9.11. The first kappa shape index (κ1) is 23.2. The van der Waals surface area contributed by atoms with Crippen LogP contribution in [0.25, 0.3) is 17.0 Å². The van der Waals surface area contributed by atoms with E-state index in [2.05, 4.69) is 5.32 Å². The van der Waals surface area contributed by atoms with Crippen molar-refractivity contribution in [3.8, 4) is 0 Å². The molecule has 9 heteroatoms. The number of carbonyl (C=O) groups is 2. The van der Waals surface area contributed by atoms with Gasteiger partial charge in [0.2, 0.25) is 0 Å². The van der Waals surface area contributed by atoms with E-state index in [1.54, 1.807) is 18.2 Å². The van der Waals surface area contributed by atoms with Gasteiger partial charge in [-0.2, -0.15) is 0 Å². The lowest BCUT2D eigenvalue weighted by Crippen LogP contribution is -2.54. The maximum atomic E-state index is 13.4. The molecule has 2 amide bonds. The van der Waals surface area contributed by atoms with Crippen molar-refractivity contribution in [3.63, 3.8) is 0 Å². The smallest absolute Gasteiger partial charge is 0.270 e. The molecule has 1 aliphatic heterocycles. The highest BCUT2D eigenvalue weighted by Gasteiger charge is 2.34. The maximum absolute atomic E-state index is 13.4. The minimum absolute atomic E-state index is 0.0641. The van der Waals surface area contributed by atoms with Crippen LogP contribution in [0, 0.1) is 5.82 Å². The Kier molecular flexibility index (Phi) is 6.15. The highest BCUT2D eigenvalue weighted by molar-refractivity contribution is 7.80. The van der Waals surface area contributed by atoms with Crippen LogP contribution in [0.15, 0.2) is 78.5 Å². The third-order valence-corrected chi connectivity index (χ3v) is 6.67. The van der Waals surface area contributed by atoms with Gasteiger partial charge in [-0.3, -0.25) is 19.8 Å². The zero-order valence-corrected chi connectivity index (χ0v) is 20.3. The molecule has 1 saturated heterocycles. The molecular formula is C26H16Cl2FN3O2S. The first-order chi connectivity index (χ1) is 16.8. The quantitative estimate of drug-likeness (QED) is 0.204. The maximum Gasteiger partial charge on any atom is 0.270 e. The molecule has 0 spiro atoms. The predicted molar refractivity (Wildman–Crippen MR) is 140 cm³/mol. The summed E-state index contributed by atoms with van der Waals surface area (Å²) in [5.74, 6) is -1.63. The summed E-state index contributed by atoms with van der Waals surface area (Å²) >= 11 is 17.4. The second-order valence-electron chi connectivity index (χ2n) is 7.91. The SMILES string of the molecule is O=C1NC(=S)N(c2ccc(F)cc2)C(=O)/C1=C\c1cn(Cc2ccc(Cl)c(Cl)c2)c2ccccc12. The van der Waals surface area contributed by atoms with Crippen LogP contribution in [0.4, 0.5) is 10.1 Å². The first-order valence-electron chi connectivity index (χ1n) is 10.5. The number of para-hydroxylation sites is 1. The van der Waals surface area contributed by atoms with Gasteiger partial charge in [-0.15, -0.1) is 0 Å². The van der Waals surface area contributed by atoms with E-state index in [-0.39, 0.29) is 10.7 Å². The van der Waals surface area contributed by atoms with Gasteiger partial charge >= 0.3 is 0 Å². The van der Waals surface area contributed by atoms with Crippen molar-refractivity contribution in [3.05, 3.63) is 105 Å². The minimum atomic E-state index is -0.598. The Morgan fingerprint density at radius 1 is 0.971 bits per heavy atom. The summed E-state index contributed by atoms with van der Waals surface area (Å²) in [7, 11) is 0. The number of carbonyl (C=O) groups excluding carboxylic acids is 2. The molecule has 0 unspecified atom stereocenters. The number of aromatic nitrogens is 1. The van der Waals surface area contributed by atoms with Gasteiger partial charge in [-0.25, -0.2) is 4.39 Å². The summed E-state index contributed by atoms with van der Waals surface area (Å²) in [5, 5.41) is 4.29. The highest BCUT2D eigenvalue weighted by atomic mass is 35.5. The number of nitrogens with zero attached hydrogens (tertiary/aromatic N) is 2. The number of rotatable bonds is 4. The normalized spacial score (nSPS) is 15.2. The number of amides is 2. The van der Waals surface area contributed by atoms with Crippen molar-refractivity contribution < 1.29 is 14.0 Å². The fourth-order valence-corrected chi connectivity index (χ4v) is 4.60. The molecular weight excluding hydrogens is 508 g/mol. The molecule has 5 nitrogen and oxygen atoms in total. The van der Waals surface area contributed by atoms with Crippen molar-refractivity contribution in [2.75, 3.05) is 4.90 Å². The monoisotopic (exact) mass is 523 g/mol. The average molecular weight is 524 g/mol. The van der Waals surface area contributed by atoms with Crippen LogP contribution in [-0.4, -0.2) is 21.5 Å². The van der Waals surface area contributed by atoms with Crippen molar-refractivity contribution in [2.24, 2.45) is 0 Å². The van der Waals surface area contributed by atoms with E-state index in [9.17, 15) is 14.0 Å². The molecule has 0 bridgehead atoms. The Morgan fingerprint density at radius 2 is 1.71 bits per heavy atom. The molecule has 2 heterocycles. The van der Waals surface area contributed by atoms with Gasteiger partial charge < -0.3 is 4.57 Å². The molecule has 0 radical (unpaired) electrons. The number of fused-ring (bicyclic) bond motifs is 1. The van der Waals surface area contributed by atoms with Crippen LogP contribution in [0.3, 0.4) is 0 Å². The van der Waals surface area contributed by atoms with Crippen molar-refractivity contribution in [1.82, 2.24) is 9.88 Å². The van der Waals surface area contributed by atoms with Crippen LogP contribution >= 0.6 is 35.4 Å². The molecule has 5 rings (SSSR count). The fraction of sp³-hybridized carbons (Fsp3) is 0.0385. The van der Waals surface area contributed by atoms with Crippen LogP contribution in [0.2, 0.25) is 10.0 Å². The average Bonchev–Trinajstić information content (AvgIpc) is 3.17. The summed E-state index contributed by atoms with van der Waals surface area (Å²) in [4.78, 5) is 27.2. The fourth-order valence-electron chi connectivity index (χ4n) is 3.99. The number of halogens is 3. The number of benzene rings is 3. The molecule has 0 aliphatic carbocycles. The molecule has 174 valence electrons. The van der Waals surface area contributed by atoms with Crippen LogP contribution in [0.5, 0.6) is 0 Å². The summed E-state index contributed by atoms with van der Waals surface area (Å²) in [5.41, 5.74) is 2.82. The van der Waals surface area contributed by atoms with Crippen molar-refractivity contribution >= 4 is 75.0 Å². The third-order valence-electron chi connectivity index (χ3n) is 5.64. The summed E-state index contributed by atoms with van der Waals surface area (Å²) < 4.78 is 15.4. The number of anilines is 1. The lowest BCUT2D eigenvalue weighted by Gasteiger charge is -2.28. The predicted octanol–water partition coefficient (Wildman–Crippen LogP) is 5.97. The Balaban J connectivity index is 1.56. The van der Waals surface area contributed by atoms with E-state index in [1.807, 2.05) is 41.1 Å². The first-order valence-corrected chi connectivity index (χ1v) is 11.7. The molecule has 3 aromatic carbocycles. The van der Waals surface area contributed by atoms with Gasteiger partial charge in [-0.05, 0) is 66.3 Å². The Bertz CT molecular complexity index is 1550. The van der Waals surface area contributed by atoms with Gasteiger partial charge in [-0.1, -0.05) is 47.5 Å². The van der Waals surface area contributed by atoms with Gasteiger partial charge in [0, 0.05) is 29.2 Å². The van der Waals surface area contributed by atoms with Crippen molar-refractivity contribution in [2.45, 2.75) is 6.54 Å². The third kappa shape index (κ3) is 4.46. The molecule has 1 aromatic heterocycles. The van der Waals surface area contributed by atoms with E-state index in [0.717, 1.165) is 16.5 Å². The molecule has 1 fully saturated rings. The van der Waals surface area contributed by atoms with E-state index in [1.165, 1.54) is 29.2 Å². The van der Waals surface area contributed by atoms with E-state index < -0.39 is 17.6 Å². The Morgan fingerprint density at radius 3 is 2.46 bits per heavy atom. The van der Waals surface area contributed by atoms with Gasteiger partial charge in [0.05, 0.1) is 15.7 Å². The Hall–Kier alpha value is -3.52. The standard InChI is InChI=1S/C26H16Cl2FN3O2S/c27-21-10-5-15(11-22(21)28)13-31-14-16(19-3-1-2-4-23(19)31)12-20-24(33)30-26(35)32(25(20)34)18-8-6-17(29)7-9-18/h1-12,14H,13H2,(H,30,33,35)/b20-12-. The van der Waals surface area contributed by atoms with E-state index >= 15 is 0 Å². The summed E-state index contributed by atoms with van der Waals surface area (Å²) in [6.45, 7) is 0.506. The molecule has 1 aliphatic rings.